The second-order valence-electron chi connectivity index (χ2n) is 6.13. The van der Waals surface area contributed by atoms with E-state index in [-0.39, 0.29) is 30.3 Å². The van der Waals surface area contributed by atoms with Crippen molar-refractivity contribution in [3.05, 3.63) is 70.8 Å². The minimum atomic E-state index is -4.31. The molecule has 1 aliphatic rings. The Hall–Kier alpha value is -2.05. The average molecular weight is 386 g/mol. The predicted molar refractivity (Wildman–Crippen MR) is 94.6 cm³/mol. The molecule has 140 valence electrons. The highest BCUT2D eigenvalue weighted by atomic mass is 35.5. The first-order chi connectivity index (χ1) is 11.9. The highest BCUT2D eigenvalue weighted by Crippen LogP contribution is 2.35. The van der Waals surface area contributed by atoms with Gasteiger partial charge in [-0.15, -0.1) is 12.4 Å². The second-order valence-corrected chi connectivity index (χ2v) is 6.13. The van der Waals surface area contributed by atoms with E-state index in [0.29, 0.717) is 12.1 Å². The molecule has 2 aromatic rings. The van der Waals surface area contributed by atoms with Crippen molar-refractivity contribution >= 4 is 18.4 Å². The van der Waals surface area contributed by atoms with Crippen molar-refractivity contribution in [1.82, 2.24) is 5.32 Å². The maximum Gasteiger partial charge on any atom is 0.416 e. The third-order valence-electron chi connectivity index (χ3n) is 4.57. The van der Waals surface area contributed by atoms with E-state index < -0.39 is 11.7 Å². The fraction of sp³-hybridized carbons (Fsp3) is 0.316. The predicted octanol–water partition coefficient (Wildman–Crippen LogP) is 4.73. The van der Waals surface area contributed by atoms with Gasteiger partial charge in [-0.05, 0) is 47.7 Å². The first-order valence-corrected chi connectivity index (χ1v) is 7.97. The van der Waals surface area contributed by atoms with Crippen molar-refractivity contribution in [3.63, 3.8) is 0 Å². The van der Waals surface area contributed by atoms with Crippen LogP contribution < -0.4 is 5.32 Å². The van der Waals surface area contributed by atoms with Crippen molar-refractivity contribution < 1.29 is 22.7 Å². The zero-order valence-corrected chi connectivity index (χ0v) is 14.9. The van der Waals surface area contributed by atoms with Crippen molar-refractivity contribution in [1.29, 1.82) is 0 Å². The van der Waals surface area contributed by atoms with Crippen LogP contribution in [0.25, 0.3) is 0 Å². The van der Waals surface area contributed by atoms with Gasteiger partial charge in [0, 0.05) is 12.6 Å². The van der Waals surface area contributed by atoms with Gasteiger partial charge < -0.3 is 10.1 Å². The normalized spacial score (nSPS) is 19.7. The third-order valence-corrected chi connectivity index (χ3v) is 4.57. The molecule has 1 heterocycles. The van der Waals surface area contributed by atoms with Crippen LogP contribution in [0.4, 0.5) is 13.2 Å². The number of methoxy groups -OCH3 is 1. The fourth-order valence-electron chi connectivity index (χ4n) is 3.16. The maximum absolute atomic E-state index is 12.7. The number of carbonyl (C=O) groups excluding carboxylic acids is 1. The molecule has 0 bridgehead atoms. The van der Waals surface area contributed by atoms with Crippen LogP contribution in [-0.2, 0) is 10.9 Å². The number of benzene rings is 2. The van der Waals surface area contributed by atoms with Crippen molar-refractivity contribution in [3.8, 4) is 0 Å². The Morgan fingerprint density at radius 1 is 1.04 bits per heavy atom. The molecule has 0 spiro atoms. The molecule has 7 heteroatoms. The molecule has 3 rings (SSSR count). The SMILES string of the molecule is COC(=O)c1ccc(C2CC(c3ccc(C(F)(F)F)cc3)CN2)cc1.Cl. The molecule has 2 unspecified atom stereocenters. The highest BCUT2D eigenvalue weighted by Gasteiger charge is 2.31. The number of nitrogens with one attached hydrogen (secondary N) is 1. The van der Waals surface area contributed by atoms with Crippen LogP contribution in [0.1, 0.15) is 45.4 Å². The van der Waals surface area contributed by atoms with E-state index >= 15 is 0 Å². The van der Waals surface area contributed by atoms with Crippen molar-refractivity contribution in [2.75, 3.05) is 13.7 Å². The van der Waals surface area contributed by atoms with E-state index in [0.717, 1.165) is 29.7 Å². The number of hydrogen-bond donors (Lipinski definition) is 1. The Morgan fingerprint density at radius 2 is 1.62 bits per heavy atom. The van der Waals surface area contributed by atoms with Crippen LogP contribution in [0.15, 0.2) is 48.5 Å². The number of alkyl halides is 3. The lowest BCUT2D eigenvalue weighted by atomic mass is 9.93. The topological polar surface area (TPSA) is 38.3 Å². The average Bonchev–Trinajstić information content (AvgIpc) is 3.10. The number of rotatable bonds is 3. The van der Waals surface area contributed by atoms with Crippen LogP contribution >= 0.6 is 12.4 Å². The summed E-state index contributed by atoms with van der Waals surface area (Å²) in [4.78, 5) is 11.5. The molecule has 1 fully saturated rings. The van der Waals surface area contributed by atoms with E-state index in [1.165, 1.54) is 7.11 Å². The molecular weight excluding hydrogens is 367 g/mol. The van der Waals surface area contributed by atoms with Gasteiger partial charge in [-0.2, -0.15) is 13.2 Å². The molecule has 0 saturated carbocycles. The monoisotopic (exact) mass is 385 g/mol. The zero-order chi connectivity index (χ0) is 18.0. The van der Waals surface area contributed by atoms with Gasteiger partial charge in [-0.3, -0.25) is 0 Å². The van der Waals surface area contributed by atoms with Gasteiger partial charge in [0.1, 0.15) is 0 Å². The Bertz CT molecular complexity index is 745. The summed E-state index contributed by atoms with van der Waals surface area (Å²) >= 11 is 0. The molecule has 0 radical (unpaired) electrons. The van der Waals surface area contributed by atoms with Crippen LogP contribution in [0.2, 0.25) is 0 Å². The van der Waals surface area contributed by atoms with Gasteiger partial charge in [0.15, 0.2) is 0 Å². The molecule has 1 N–H and O–H groups in total. The van der Waals surface area contributed by atoms with E-state index in [2.05, 4.69) is 10.1 Å². The first-order valence-electron chi connectivity index (χ1n) is 7.97. The van der Waals surface area contributed by atoms with Gasteiger partial charge in [0.2, 0.25) is 0 Å². The van der Waals surface area contributed by atoms with Crippen LogP contribution in [0.5, 0.6) is 0 Å². The largest absolute Gasteiger partial charge is 0.465 e. The molecule has 26 heavy (non-hydrogen) atoms. The van der Waals surface area contributed by atoms with Gasteiger partial charge >= 0.3 is 12.1 Å². The Morgan fingerprint density at radius 3 is 2.15 bits per heavy atom. The van der Waals surface area contributed by atoms with Gasteiger partial charge in [0.05, 0.1) is 18.2 Å². The van der Waals surface area contributed by atoms with Crippen molar-refractivity contribution in [2.24, 2.45) is 0 Å². The molecule has 2 atom stereocenters. The van der Waals surface area contributed by atoms with E-state index in [1.54, 1.807) is 24.3 Å². The quantitative estimate of drug-likeness (QED) is 0.776. The van der Waals surface area contributed by atoms with Gasteiger partial charge in [0.25, 0.3) is 0 Å². The molecule has 0 amide bonds. The van der Waals surface area contributed by atoms with E-state index in [4.69, 9.17) is 0 Å². The smallest absolute Gasteiger partial charge is 0.416 e. The summed E-state index contributed by atoms with van der Waals surface area (Å²) < 4.78 is 42.6. The lowest BCUT2D eigenvalue weighted by molar-refractivity contribution is -0.137. The Labute approximate surface area is 156 Å². The van der Waals surface area contributed by atoms with Gasteiger partial charge in [-0.1, -0.05) is 24.3 Å². The Kier molecular flexibility index (Phi) is 6.31. The summed E-state index contributed by atoms with van der Waals surface area (Å²) in [6.07, 6.45) is -3.51. The summed E-state index contributed by atoms with van der Waals surface area (Å²) in [5.74, 6) is -0.221. The number of carbonyl (C=O) groups is 1. The Balaban J connectivity index is 0.00000243. The molecule has 0 aromatic heterocycles. The minimum Gasteiger partial charge on any atom is -0.465 e. The maximum atomic E-state index is 12.7. The summed E-state index contributed by atoms with van der Waals surface area (Å²) in [5.41, 5.74) is 1.80. The molecule has 0 aliphatic carbocycles. The molecule has 1 aliphatic heterocycles. The molecule has 2 aromatic carbocycles. The first kappa shape index (κ1) is 20.3. The molecule has 1 saturated heterocycles. The number of hydrogen-bond acceptors (Lipinski definition) is 3. The standard InChI is InChI=1S/C19H18F3NO2.ClH/c1-25-18(24)14-4-2-13(3-5-14)17-10-15(11-23-17)12-6-8-16(9-7-12)19(20,21)22;/h2-9,15,17,23H,10-11H2,1H3;1H. The summed E-state index contributed by atoms with van der Waals surface area (Å²) in [6, 6.07) is 12.7. The summed E-state index contributed by atoms with van der Waals surface area (Å²) in [5, 5.41) is 3.39. The zero-order valence-electron chi connectivity index (χ0n) is 14.0. The van der Waals surface area contributed by atoms with Crippen LogP contribution in [-0.4, -0.2) is 19.6 Å². The van der Waals surface area contributed by atoms with E-state index in [9.17, 15) is 18.0 Å². The van der Waals surface area contributed by atoms with E-state index in [1.807, 2.05) is 12.1 Å². The fourth-order valence-corrected chi connectivity index (χ4v) is 3.16. The molecular formula is C19H19ClF3NO2. The summed E-state index contributed by atoms with van der Waals surface area (Å²) in [6.45, 7) is 0.703. The summed E-state index contributed by atoms with van der Waals surface area (Å²) in [7, 11) is 1.34. The molecule has 3 nitrogen and oxygen atoms in total. The van der Waals surface area contributed by atoms with Crippen LogP contribution in [0, 0.1) is 0 Å². The lowest BCUT2D eigenvalue weighted by Crippen LogP contribution is -2.13. The van der Waals surface area contributed by atoms with Crippen LogP contribution in [0.3, 0.4) is 0 Å². The lowest BCUT2D eigenvalue weighted by Gasteiger charge is -2.13. The minimum absolute atomic E-state index is 0. The highest BCUT2D eigenvalue weighted by molar-refractivity contribution is 5.89. The second kappa shape index (κ2) is 8.10. The van der Waals surface area contributed by atoms with Crippen molar-refractivity contribution in [2.45, 2.75) is 24.6 Å². The van der Waals surface area contributed by atoms with Gasteiger partial charge in [-0.25, -0.2) is 4.79 Å². The number of esters is 1. The number of ether oxygens (including phenoxy) is 1. The number of halogens is 4. The third kappa shape index (κ3) is 4.37.